The van der Waals surface area contributed by atoms with Crippen LogP contribution in [-0.4, -0.2) is 5.78 Å². The summed E-state index contributed by atoms with van der Waals surface area (Å²) in [6.45, 7) is 0. The fraction of sp³-hybridized carbons (Fsp3) is 0.278. The number of Topliss-reactive ketones (excluding diaryl/α,β-unsaturated/α-hetero) is 1. The van der Waals surface area contributed by atoms with Crippen LogP contribution in [-0.2, 0) is 18.8 Å². The van der Waals surface area contributed by atoms with Gasteiger partial charge in [0, 0.05) is 17.0 Å². The largest absolute Gasteiger partial charge is 0.416 e. The van der Waals surface area contributed by atoms with Gasteiger partial charge >= 0.3 is 12.4 Å². The lowest BCUT2D eigenvalue weighted by molar-refractivity contribution is -0.143. The Hall–Kier alpha value is -2.02. The zero-order valence-corrected chi connectivity index (χ0v) is 13.8. The van der Waals surface area contributed by atoms with Crippen molar-refractivity contribution in [3.8, 4) is 0 Å². The van der Waals surface area contributed by atoms with Crippen molar-refractivity contribution in [3.63, 3.8) is 0 Å². The lowest BCUT2D eigenvalue weighted by Gasteiger charge is -2.25. The Bertz CT molecular complexity index is 837. The Kier molecular flexibility index (Phi) is 4.55. The van der Waals surface area contributed by atoms with Crippen molar-refractivity contribution in [2.24, 2.45) is 0 Å². The van der Waals surface area contributed by atoms with Gasteiger partial charge in [-0.1, -0.05) is 11.6 Å². The van der Waals surface area contributed by atoms with Crippen LogP contribution in [0.4, 0.5) is 26.3 Å². The van der Waals surface area contributed by atoms with Gasteiger partial charge in [0.1, 0.15) is 0 Å². The first-order valence-electron chi connectivity index (χ1n) is 7.56. The van der Waals surface area contributed by atoms with E-state index in [1.54, 1.807) is 0 Å². The predicted octanol–water partition coefficient (Wildman–Crippen LogP) is 6.29. The first-order chi connectivity index (χ1) is 11.9. The smallest absolute Gasteiger partial charge is 0.294 e. The molecular formula is C18H11ClF6O. The standard InChI is InChI=1S/C18H11ClF6O/c19-14-1-2-15-11(6-14)3-9(7-16(15)26)10-4-12(17(20,21)22)8-13(5-10)18(23,24)25/h1-2,4-6,8-9H,3,7H2. The van der Waals surface area contributed by atoms with Crippen LogP contribution in [0.15, 0.2) is 36.4 Å². The second-order valence-electron chi connectivity index (χ2n) is 6.17. The Morgan fingerprint density at radius 3 is 1.96 bits per heavy atom. The highest BCUT2D eigenvalue weighted by Crippen LogP contribution is 2.40. The number of alkyl halides is 6. The van der Waals surface area contributed by atoms with Crippen LogP contribution >= 0.6 is 11.6 Å². The van der Waals surface area contributed by atoms with E-state index in [0.29, 0.717) is 28.3 Å². The Morgan fingerprint density at radius 1 is 0.846 bits per heavy atom. The van der Waals surface area contributed by atoms with Crippen molar-refractivity contribution >= 4 is 17.4 Å². The molecule has 0 aromatic heterocycles. The summed E-state index contributed by atoms with van der Waals surface area (Å²) in [5, 5.41) is 0.345. The third-order valence-corrected chi connectivity index (χ3v) is 4.58. The molecule has 1 atom stereocenters. The maximum atomic E-state index is 13.0. The summed E-state index contributed by atoms with van der Waals surface area (Å²) in [5.41, 5.74) is -2.01. The fourth-order valence-corrected chi connectivity index (χ4v) is 3.32. The molecule has 1 unspecified atom stereocenters. The maximum Gasteiger partial charge on any atom is 0.416 e. The molecule has 0 heterocycles. The number of halogens is 7. The molecule has 0 bridgehead atoms. The summed E-state index contributed by atoms with van der Waals surface area (Å²) in [5.74, 6) is -1.12. The number of fused-ring (bicyclic) bond motifs is 1. The fourth-order valence-electron chi connectivity index (χ4n) is 3.12. The summed E-state index contributed by atoms with van der Waals surface area (Å²) in [4.78, 5) is 12.3. The number of hydrogen-bond acceptors (Lipinski definition) is 1. The predicted molar refractivity (Wildman–Crippen MR) is 83.3 cm³/mol. The molecule has 0 saturated carbocycles. The van der Waals surface area contributed by atoms with E-state index in [9.17, 15) is 31.1 Å². The zero-order valence-electron chi connectivity index (χ0n) is 13.0. The molecule has 0 N–H and O–H groups in total. The Balaban J connectivity index is 2.08. The first kappa shape index (κ1) is 18.8. The molecule has 26 heavy (non-hydrogen) atoms. The highest BCUT2D eigenvalue weighted by Gasteiger charge is 2.38. The molecule has 0 radical (unpaired) electrons. The highest BCUT2D eigenvalue weighted by atomic mass is 35.5. The lowest BCUT2D eigenvalue weighted by atomic mass is 9.78. The molecule has 0 fully saturated rings. The quantitative estimate of drug-likeness (QED) is 0.521. The van der Waals surface area contributed by atoms with Gasteiger partial charge in [0.25, 0.3) is 0 Å². The van der Waals surface area contributed by atoms with Crippen molar-refractivity contribution in [2.75, 3.05) is 0 Å². The summed E-state index contributed by atoms with van der Waals surface area (Å²) in [6.07, 6.45) is -9.86. The average Bonchev–Trinajstić information content (AvgIpc) is 2.52. The third-order valence-electron chi connectivity index (χ3n) is 4.35. The summed E-state index contributed by atoms with van der Waals surface area (Å²) >= 11 is 5.88. The van der Waals surface area contributed by atoms with Crippen molar-refractivity contribution in [2.45, 2.75) is 31.1 Å². The monoisotopic (exact) mass is 392 g/mol. The van der Waals surface area contributed by atoms with Gasteiger partial charge in [-0.05, 0) is 59.9 Å². The van der Waals surface area contributed by atoms with Crippen molar-refractivity contribution in [1.29, 1.82) is 0 Å². The first-order valence-corrected chi connectivity index (χ1v) is 7.94. The van der Waals surface area contributed by atoms with E-state index in [2.05, 4.69) is 0 Å². The van der Waals surface area contributed by atoms with Gasteiger partial charge in [-0.25, -0.2) is 0 Å². The highest BCUT2D eigenvalue weighted by molar-refractivity contribution is 6.30. The van der Waals surface area contributed by atoms with E-state index in [1.807, 2.05) is 0 Å². The summed E-state index contributed by atoms with van der Waals surface area (Å²) in [6, 6.07) is 6.00. The molecule has 3 rings (SSSR count). The lowest BCUT2D eigenvalue weighted by Crippen LogP contribution is -2.20. The van der Waals surface area contributed by atoms with Gasteiger partial charge < -0.3 is 0 Å². The normalized spacial score (nSPS) is 18.0. The Labute approximate surface area is 149 Å². The van der Waals surface area contributed by atoms with E-state index >= 15 is 0 Å². The number of ketones is 1. The number of carbonyl (C=O) groups excluding carboxylic acids is 1. The van der Waals surface area contributed by atoms with Gasteiger partial charge in [0.2, 0.25) is 0 Å². The molecule has 0 saturated heterocycles. The number of rotatable bonds is 1. The van der Waals surface area contributed by atoms with Gasteiger partial charge in [0.05, 0.1) is 11.1 Å². The van der Waals surface area contributed by atoms with Gasteiger partial charge in [-0.3, -0.25) is 4.79 Å². The van der Waals surface area contributed by atoms with Gasteiger partial charge in [-0.15, -0.1) is 0 Å². The minimum atomic E-state index is -4.92. The SMILES string of the molecule is O=C1CC(c2cc(C(F)(F)F)cc(C(F)(F)F)c2)Cc2cc(Cl)ccc21. The molecule has 1 aliphatic carbocycles. The van der Waals surface area contributed by atoms with E-state index in [-0.39, 0.29) is 30.3 Å². The van der Waals surface area contributed by atoms with Crippen molar-refractivity contribution in [1.82, 2.24) is 0 Å². The molecule has 0 amide bonds. The van der Waals surface area contributed by atoms with Crippen LogP contribution in [0.25, 0.3) is 0 Å². The average molecular weight is 393 g/mol. The zero-order chi connectivity index (χ0) is 19.3. The second-order valence-corrected chi connectivity index (χ2v) is 6.61. The Morgan fingerprint density at radius 2 is 1.42 bits per heavy atom. The molecule has 2 aromatic carbocycles. The minimum absolute atomic E-state index is 0.0823. The third kappa shape index (κ3) is 3.72. The molecule has 8 heteroatoms. The van der Waals surface area contributed by atoms with E-state index in [4.69, 9.17) is 11.6 Å². The van der Waals surface area contributed by atoms with Crippen molar-refractivity contribution < 1.29 is 31.1 Å². The topological polar surface area (TPSA) is 17.1 Å². The van der Waals surface area contributed by atoms with Crippen molar-refractivity contribution in [3.05, 3.63) is 69.2 Å². The van der Waals surface area contributed by atoms with Crippen LogP contribution in [0, 0.1) is 0 Å². The maximum absolute atomic E-state index is 13.0. The van der Waals surface area contributed by atoms with E-state index in [1.165, 1.54) is 18.2 Å². The minimum Gasteiger partial charge on any atom is -0.294 e. The summed E-state index contributed by atoms with van der Waals surface area (Å²) < 4.78 is 78.1. The molecule has 138 valence electrons. The molecule has 1 aliphatic rings. The molecule has 0 aliphatic heterocycles. The van der Waals surface area contributed by atoms with Crippen LogP contribution in [0.2, 0.25) is 5.02 Å². The second kappa shape index (κ2) is 6.30. The van der Waals surface area contributed by atoms with Gasteiger partial charge in [0.15, 0.2) is 5.78 Å². The van der Waals surface area contributed by atoms with Crippen LogP contribution < -0.4 is 0 Å². The van der Waals surface area contributed by atoms with Gasteiger partial charge in [-0.2, -0.15) is 26.3 Å². The molecule has 1 nitrogen and oxygen atoms in total. The molecule has 0 spiro atoms. The number of carbonyl (C=O) groups is 1. The molecule has 2 aromatic rings. The van der Waals surface area contributed by atoms with E-state index in [0.717, 1.165) is 0 Å². The number of hydrogen-bond donors (Lipinski definition) is 0. The summed E-state index contributed by atoms with van der Waals surface area (Å²) in [7, 11) is 0. The molecular weight excluding hydrogens is 382 g/mol. The van der Waals surface area contributed by atoms with Crippen LogP contribution in [0.1, 0.15) is 45.0 Å². The van der Waals surface area contributed by atoms with Crippen LogP contribution in [0.3, 0.4) is 0 Å². The number of benzene rings is 2. The van der Waals surface area contributed by atoms with E-state index < -0.39 is 29.4 Å². The van der Waals surface area contributed by atoms with Crippen LogP contribution in [0.5, 0.6) is 0 Å².